The molecule has 1 unspecified atom stereocenters. The summed E-state index contributed by atoms with van der Waals surface area (Å²) in [5.41, 5.74) is -0.853. The Balaban J connectivity index is 1.79. The molecule has 2 aliphatic rings. The number of aliphatic carboxylic acids is 1. The van der Waals surface area contributed by atoms with Gasteiger partial charge in [0.15, 0.2) is 0 Å². The second-order valence-electron chi connectivity index (χ2n) is 7.12. The van der Waals surface area contributed by atoms with E-state index in [-0.39, 0.29) is 24.2 Å². The minimum Gasteiger partial charge on any atom is -0.481 e. The molecule has 0 aromatic carbocycles. The molecular formula is C16H26N2O4. The van der Waals surface area contributed by atoms with Gasteiger partial charge in [0.1, 0.15) is 0 Å². The second-order valence-corrected chi connectivity index (χ2v) is 7.12. The Bertz CT molecular complexity index is 455. The number of carbonyl (C=O) groups is 3. The molecule has 1 atom stereocenters. The van der Waals surface area contributed by atoms with Gasteiger partial charge in [-0.3, -0.25) is 14.4 Å². The van der Waals surface area contributed by atoms with Gasteiger partial charge in [0.05, 0.1) is 11.3 Å². The largest absolute Gasteiger partial charge is 0.481 e. The number of carboxylic acid groups (broad SMARTS) is 1. The molecule has 6 heteroatoms. The molecule has 0 aromatic heterocycles. The molecular weight excluding hydrogens is 284 g/mol. The van der Waals surface area contributed by atoms with Crippen molar-refractivity contribution in [2.75, 3.05) is 13.1 Å². The summed E-state index contributed by atoms with van der Waals surface area (Å²) < 4.78 is 0. The highest BCUT2D eigenvalue weighted by atomic mass is 16.4. The summed E-state index contributed by atoms with van der Waals surface area (Å²) >= 11 is 0. The molecule has 124 valence electrons. The molecule has 2 amide bonds. The predicted octanol–water partition coefficient (Wildman–Crippen LogP) is 1.39. The lowest BCUT2D eigenvalue weighted by atomic mass is 9.89. The number of carboxylic acids is 1. The zero-order valence-corrected chi connectivity index (χ0v) is 13.4. The van der Waals surface area contributed by atoms with Crippen molar-refractivity contribution < 1.29 is 19.5 Å². The Kier molecular flexibility index (Phi) is 5.08. The van der Waals surface area contributed by atoms with Crippen molar-refractivity contribution in [1.82, 2.24) is 10.2 Å². The van der Waals surface area contributed by atoms with E-state index in [1.54, 1.807) is 13.8 Å². The lowest BCUT2D eigenvalue weighted by molar-refractivity contribution is -0.147. The van der Waals surface area contributed by atoms with E-state index >= 15 is 0 Å². The minimum absolute atomic E-state index is 0.0814. The zero-order valence-electron chi connectivity index (χ0n) is 13.4. The van der Waals surface area contributed by atoms with Crippen LogP contribution in [-0.2, 0) is 14.4 Å². The summed E-state index contributed by atoms with van der Waals surface area (Å²) in [5.74, 6) is -1.21. The Morgan fingerprint density at radius 1 is 1.32 bits per heavy atom. The first-order valence-corrected chi connectivity index (χ1v) is 8.12. The third-order valence-electron chi connectivity index (χ3n) is 4.92. The summed E-state index contributed by atoms with van der Waals surface area (Å²) in [6.45, 7) is 4.12. The van der Waals surface area contributed by atoms with Crippen LogP contribution in [0.25, 0.3) is 0 Å². The number of nitrogens with one attached hydrogen (secondary N) is 1. The van der Waals surface area contributed by atoms with Crippen molar-refractivity contribution in [3.8, 4) is 0 Å². The maximum absolute atomic E-state index is 12.2. The van der Waals surface area contributed by atoms with Gasteiger partial charge in [-0.1, -0.05) is 12.8 Å². The highest BCUT2D eigenvalue weighted by molar-refractivity contribution is 5.89. The monoisotopic (exact) mass is 310 g/mol. The third kappa shape index (κ3) is 3.78. The first kappa shape index (κ1) is 16.8. The van der Waals surface area contributed by atoms with Crippen LogP contribution in [0.15, 0.2) is 0 Å². The van der Waals surface area contributed by atoms with Crippen molar-refractivity contribution in [2.45, 2.75) is 58.4 Å². The van der Waals surface area contributed by atoms with E-state index < -0.39 is 11.4 Å². The summed E-state index contributed by atoms with van der Waals surface area (Å²) in [6, 6.07) is 0.316. The molecule has 1 aliphatic heterocycles. The third-order valence-corrected chi connectivity index (χ3v) is 4.92. The lowest BCUT2D eigenvalue weighted by Crippen LogP contribution is -2.38. The van der Waals surface area contributed by atoms with Gasteiger partial charge < -0.3 is 15.3 Å². The van der Waals surface area contributed by atoms with Crippen molar-refractivity contribution >= 4 is 17.8 Å². The highest BCUT2D eigenvalue weighted by Crippen LogP contribution is 2.29. The van der Waals surface area contributed by atoms with Gasteiger partial charge in [-0.15, -0.1) is 0 Å². The average molecular weight is 310 g/mol. The predicted molar refractivity (Wildman–Crippen MR) is 81.1 cm³/mol. The highest BCUT2D eigenvalue weighted by Gasteiger charge is 2.38. The zero-order chi connectivity index (χ0) is 16.3. The van der Waals surface area contributed by atoms with Crippen LogP contribution in [0.4, 0.5) is 0 Å². The summed E-state index contributed by atoms with van der Waals surface area (Å²) in [4.78, 5) is 37.1. The molecule has 6 nitrogen and oxygen atoms in total. The molecule has 0 bridgehead atoms. The lowest BCUT2D eigenvalue weighted by Gasteiger charge is -2.24. The van der Waals surface area contributed by atoms with Gasteiger partial charge in [0.25, 0.3) is 0 Å². The van der Waals surface area contributed by atoms with Crippen LogP contribution >= 0.6 is 0 Å². The molecule has 1 aliphatic carbocycles. The summed E-state index contributed by atoms with van der Waals surface area (Å²) in [7, 11) is 0. The van der Waals surface area contributed by atoms with Crippen LogP contribution in [0, 0.1) is 11.3 Å². The van der Waals surface area contributed by atoms with E-state index in [0.29, 0.717) is 25.6 Å². The molecule has 22 heavy (non-hydrogen) atoms. The first-order chi connectivity index (χ1) is 10.3. The van der Waals surface area contributed by atoms with E-state index in [2.05, 4.69) is 5.32 Å². The maximum atomic E-state index is 12.2. The number of amides is 2. The Morgan fingerprint density at radius 2 is 1.95 bits per heavy atom. The average Bonchev–Trinajstić information content (AvgIpc) is 3.06. The number of carbonyl (C=O) groups excluding carboxylic acids is 2. The number of likely N-dealkylation sites (tertiary alicyclic amines) is 1. The van der Waals surface area contributed by atoms with E-state index in [9.17, 15) is 14.4 Å². The molecule has 1 saturated carbocycles. The van der Waals surface area contributed by atoms with Gasteiger partial charge in [0.2, 0.25) is 11.8 Å². The van der Waals surface area contributed by atoms with Crippen molar-refractivity contribution in [2.24, 2.45) is 11.3 Å². The van der Waals surface area contributed by atoms with Crippen LogP contribution in [-0.4, -0.2) is 46.9 Å². The molecule has 0 radical (unpaired) electrons. The summed E-state index contributed by atoms with van der Waals surface area (Å²) in [5, 5.41) is 11.8. The van der Waals surface area contributed by atoms with Crippen molar-refractivity contribution in [1.29, 1.82) is 0 Å². The van der Waals surface area contributed by atoms with E-state index in [1.165, 1.54) is 0 Å². The van der Waals surface area contributed by atoms with Crippen LogP contribution in [0.1, 0.15) is 52.4 Å². The van der Waals surface area contributed by atoms with Crippen LogP contribution in [0.2, 0.25) is 0 Å². The Morgan fingerprint density at radius 3 is 2.55 bits per heavy atom. The van der Waals surface area contributed by atoms with Crippen LogP contribution < -0.4 is 5.32 Å². The molecule has 0 spiro atoms. The number of hydrogen-bond acceptors (Lipinski definition) is 3. The Labute approximate surface area is 131 Å². The molecule has 1 saturated heterocycles. The van der Waals surface area contributed by atoms with Crippen molar-refractivity contribution in [3.05, 3.63) is 0 Å². The van der Waals surface area contributed by atoms with Crippen LogP contribution in [0.3, 0.4) is 0 Å². The standard InChI is InChI=1S/C16H26N2O4/c1-16(2,15(21)22)7-8-17-14(20)11-9-13(19)18(10-11)12-5-3-4-6-12/h11-12H,3-10H2,1-2H3,(H,17,20)(H,21,22). The fourth-order valence-electron chi connectivity index (χ4n) is 3.23. The fourth-order valence-corrected chi connectivity index (χ4v) is 3.23. The fraction of sp³-hybridized carbons (Fsp3) is 0.812. The van der Waals surface area contributed by atoms with E-state index in [4.69, 9.17) is 5.11 Å². The van der Waals surface area contributed by atoms with Gasteiger partial charge in [-0.2, -0.15) is 0 Å². The molecule has 2 N–H and O–H groups in total. The number of rotatable bonds is 6. The Hall–Kier alpha value is -1.59. The van der Waals surface area contributed by atoms with Gasteiger partial charge in [0, 0.05) is 25.6 Å². The maximum Gasteiger partial charge on any atom is 0.309 e. The van der Waals surface area contributed by atoms with Crippen LogP contribution in [0.5, 0.6) is 0 Å². The number of hydrogen-bond donors (Lipinski definition) is 2. The topological polar surface area (TPSA) is 86.7 Å². The SMILES string of the molecule is CC(C)(CCNC(=O)C1CC(=O)N(C2CCCC2)C1)C(=O)O. The molecule has 2 rings (SSSR count). The molecule has 0 aromatic rings. The minimum atomic E-state index is -0.870. The quantitative estimate of drug-likeness (QED) is 0.776. The van der Waals surface area contributed by atoms with Gasteiger partial charge in [-0.05, 0) is 33.1 Å². The first-order valence-electron chi connectivity index (χ1n) is 8.12. The summed E-state index contributed by atoms with van der Waals surface area (Å²) in [6.07, 6.45) is 5.08. The smallest absolute Gasteiger partial charge is 0.309 e. The van der Waals surface area contributed by atoms with E-state index in [0.717, 1.165) is 25.7 Å². The van der Waals surface area contributed by atoms with Crippen molar-refractivity contribution in [3.63, 3.8) is 0 Å². The molecule has 2 fully saturated rings. The van der Waals surface area contributed by atoms with Gasteiger partial charge in [-0.25, -0.2) is 0 Å². The van der Waals surface area contributed by atoms with Gasteiger partial charge >= 0.3 is 5.97 Å². The number of nitrogens with zero attached hydrogens (tertiary/aromatic N) is 1. The normalized spacial score (nSPS) is 23.1. The van der Waals surface area contributed by atoms with E-state index in [1.807, 2.05) is 4.90 Å². The second kappa shape index (κ2) is 6.67. The molecule has 1 heterocycles.